The number of nitrogens with two attached hydrogens (primary N) is 1. The molecule has 1 aliphatic rings. The predicted octanol–water partition coefficient (Wildman–Crippen LogP) is 2.83. The van der Waals surface area contributed by atoms with Crippen molar-refractivity contribution in [2.75, 3.05) is 0 Å². The van der Waals surface area contributed by atoms with Gasteiger partial charge in [-0.1, -0.05) is 33.6 Å². The molecule has 100 valence electrons. The molecular weight excluding hydrogens is 232 g/mol. The molecule has 0 aromatic carbocycles. The molecule has 0 aromatic heterocycles. The lowest BCUT2D eigenvalue weighted by atomic mass is 9.78. The number of hydrogen-bond donors (Lipinski definition) is 2. The van der Waals surface area contributed by atoms with Gasteiger partial charge in [0.2, 0.25) is 5.91 Å². The summed E-state index contributed by atoms with van der Waals surface area (Å²) in [5.41, 5.74) is 4.89. The van der Waals surface area contributed by atoms with E-state index in [2.05, 4.69) is 38.3 Å². The van der Waals surface area contributed by atoms with E-state index in [1.54, 1.807) is 0 Å². The average Bonchev–Trinajstić information content (AvgIpc) is 2.16. The van der Waals surface area contributed by atoms with Gasteiger partial charge in [-0.2, -0.15) is 0 Å². The van der Waals surface area contributed by atoms with Crippen molar-refractivity contribution >= 4 is 23.2 Å². The Balaban J connectivity index is 0.000000325. The highest BCUT2D eigenvalue weighted by Gasteiger charge is 2.19. The van der Waals surface area contributed by atoms with Crippen LogP contribution in [0.1, 0.15) is 53.4 Å². The van der Waals surface area contributed by atoms with Crippen molar-refractivity contribution in [2.24, 2.45) is 23.5 Å². The summed E-state index contributed by atoms with van der Waals surface area (Å²) < 4.78 is 0. The maximum atomic E-state index is 9.98. The molecule has 0 heterocycles. The molecule has 0 aromatic rings. The molecule has 0 radical (unpaired) electrons. The van der Waals surface area contributed by atoms with Crippen molar-refractivity contribution in [3.05, 3.63) is 0 Å². The summed E-state index contributed by atoms with van der Waals surface area (Å²) >= 11 is 4.32. The van der Waals surface area contributed by atoms with Crippen LogP contribution in [0.25, 0.3) is 0 Å². The third kappa shape index (κ3) is 9.10. The Morgan fingerprint density at radius 3 is 2.00 bits per heavy atom. The first-order chi connectivity index (χ1) is 7.82. The fourth-order valence-corrected chi connectivity index (χ4v) is 2.27. The minimum Gasteiger partial charge on any atom is -0.376 e. The summed E-state index contributed by atoms with van der Waals surface area (Å²) in [6, 6.07) is 0. The minimum absolute atomic E-state index is 0.0208. The molecule has 0 saturated heterocycles. The first-order valence-electron chi connectivity index (χ1n) is 6.40. The van der Waals surface area contributed by atoms with Gasteiger partial charge in [0.15, 0.2) is 5.11 Å². The van der Waals surface area contributed by atoms with Crippen molar-refractivity contribution in [1.29, 1.82) is 0 Å². The molecular formula is C13H26N2OS. The molecule has 0 atom stereocenters. The van der Waals surface area contributed by atoms with E-state index in [0.717, 1.165) is 17.8 Å². The Morgan fingerprint density at radius 2 is 1.76 bits per heavy atom. The molecule has 3 N–H and O–H groups in total. The van der Waals surface area contributed by atoms with Crippen molar-refractivity contribution in [1.82, 2.24) is 5.32 Å². The van der Waals surface area contributed by atoms with E-state index >= 15 is 0 Å². The molecule has 4 heteroatoms. The van der Waals surface area contributed by atoms with Crippen molar-refractivity contribution in [3.63, 3.8) is 0 Å². The molecule has 1 rings (SSSR count). The van der Waals surface area contributed by atoms with Gasteiger partial charge in [0.05, 0.1) is 0 Å². The Hall–Kier alpha value is -0.640. The molecule has 1 amide bonds. The number of thiocarbonyl (C=S) groups is 1. The monoisotopic (exact) mass is 258 g/mol. The van der Waals surface area contributed by atoms with Crippen LogP contribution in [0.4, 0.5) is 0 Å². The summed E-state index contributed by atoms with van der Waals surface area (Å²) in [6.07, 6.45) is 5.92. The average molecular weight is 258 g/mol. The maximum absolute atomic E-state index is 9.98. The molecule has 0 unspecified atom stereocenters. The maximum Gasteiger partial charge on any atom is 0.222 e. The van der Waals surface area contributed by atoms with Gasteiger partial charge < -0.3 is 11.1 Å². The largest absolute Gasteiger partial charge is 0.376 e. The fourth-order valence-electron chi connectivity index (χ4n) is 2.13. The predicted molar refractivity (Wildman–Crippen MR) is 76.6 cm³/mol. The molecule has 1 saturated carbocycles. The van der Waals surface area contributed by atoms with Crippen LogP contribution in [0, 0.1) is 17.8 Å². The van der Waals surface area contributed by atoms with Gasteiger partial charge in [-0.25, -0.2) is 0 Å². The van der Waals surface area contributed by atoms with Crippen LogP contribution in [0.15, 0.2) is 0 Å². The van der Waals surface area contributed by atoms with E-state index in [1.807, 2.05) is 0 Å². The van der Waals surface area contributed by atoms with Crippen LogP contribution < -0.4 is 11.1 Å². The summed E-state index contributed by atoms with van der Waals surface area (Å²) in [6.45, 7) is 8.46. The minimum atomic E-state index is -0.229. The molecule has 0 bridgehead atoms. The van der Waals surface area contributed by atoms with Gasteiger partial charge in [-0.3, -0.25) is 4.79 Å². The summed E-state index contributed by atoms with van der Waals surface area (Å²) in [7, 11) is 0. The highest BCUT2D eigenvalue weighted by Crippen LogP contribution is 2.32. The Bertz CT molecular complexity index is 234. The van der Waals surface area contributed by atoms with Crippen LogP contribution in [0.3, 0.4) is 0 Å². The fraction of sp³-hybridized carbons (Fsp3) is 0.846. The van der Waals surface area contributed by atoms with Crippen LogP contribution >= 0.6 is 12.2 Å². The standard InChI is InChI=1S/C10H20.C3H6N2OS/c1-8(2)10-6-4-9(3)5-7-10;1-2(6)5-3(4)7/h8-10H,4-7H2,1-3H3;1H3,(H3,4,5,6,7). The van der Waals surface area contributed by atoms with Crippen molar-refractivity contribution in [3.8, 4) is 0 Å². The normalized spacial score (nSPS) is 23.6. The van der Waals surface area contributed by atoms with E-state index < -0.39 is 0 Å². The highest BCUT2D eigenvalue weighted by molar-refractivity contribution is 7.80. The quantitative estimate of drug-likeness (QED) is 0.711. The summed E-state index contributed by atoms with van der Waals surface area (Å²) in [5, 5.41) is 2.20. The second kappa shape index (κ2) is 8.45. The third-order valence-corrected chi connectivity index (χ3v) is 3.40. The molecule has 1 aliphatic carbocycles. The van der Waals surface area contributed by atoms with Gasteiger partial charge in [-0.05, 0) is 42.8 Å². The van der Waals surface area contributed by atoms with Crippen LogP contribution in [-0.2, 0) is 4.79 Å². The van der Waals surface area contributed by atoms with Gasteiger partial charge in [0, 0.05) is 6.92 Å². The lowest BCUT2D eigenvalue weighted by Crippen LogP contribution is -2.32. The van der Waals surface area contributed by atoms with E-state index in [1.165, 1.54) is 32.6 Å². The summed E-state index contributed by atoms with van der Waals surface area (Å²) in [4.78, 5) is 9.98. The van der Waals surface area contributed by atoms with Crippen LogP contribution in [0.2, 0.25) is 0 Å². The van der Waals surface area contributed by atoms with E-state index in [-0.39, 0.29) is 11.0 Å². The number of nitrogens with one attached hydrogen (secondary N) is 1. The summed E-state index contributed by atoms with van der Waals surface area (Å²) in [5.74, 6) is 2.74. The zero-order valence-corrected chi connectivity index (χ0v) is 12.3. The zero-order valence-electron chi connectivity index (χ0n) is 11.5. The molecule has 0 aliphatic heterocycles. The van der Waals surface area contributed by atoms with Crippen molar-refractivity contribution in [2.45, 2.75) is 53.4 Å². The Morgan fingerprint density at radius 1 is 1.29 bits per heavy atom. The number of carbonyl (C=O) groups is 1. The van der Waals surface area contributed by atoms with Gasteiger partial charge in [0.25, 0.3) is 0 Å². The van der Waals surface area contributed by atoms with E-state index in [9.17, 15) is 4.79 Å². The number of amides is 1. The molecule has 17 heavy (non-hydrogen) atoms. The second-order valence-electron chi connectivity index (χ2n) is 5.31. The first kappa shape index (κ1) is 16.4. The third-order valence-electron chi connectivity index (χ3n) is 3.30. The Kier molecular flexibility index (Phi) is 8.13. The topological polar surface area (TPSA) is 55.1 Å². The van der Waals surface area contributed by atoms with Gasteiger partial charge >= 0.3 is 0 Å². The number of carbonyl (C=O) groups excluding carboxylic acids is 1. The SMILES string of the molecule is CC(=O)NC(N)=S.CC1CCC(C(C)C)CC1. The first-order valence-corrected chi connectivity index (χ1v) is 6.80. The number of hydrogen-bond acceptors (Lipinski definition) is 2. The van der Waals surface area contributed by atoms with Crippen molar-refractivity contribution < 1.29 is 4.79 Å². The molecule has 0 spiro atoms. The Labute approximate surface area is 111 Å². The highest BCUT2D eigenvalue weighted by atomic mass is 32.1. The smallest absolute Gasteiger partial charge is 0.222 e. The lowest BCUT2D eigenvalue weighted by Gasteiger charge is -2.28. The second-order valence-corrected chi connectivity index (χ2v) is 5.75. The van der Waals surface area contributed by atoms with E-state index in [4.69, 9.17) is 5.73 Å². The lowest BCUT2D eigenvalue weighted by molar-refractivity contribution is -0.117. The van der Waals surface area contributed by atoms with Crippen LogP contribution in [-0.4, -0.2) is 11.0 Å². The van der Waals surface area contributed by atoms with E-state index in [0.29, 0.717) is 0 Å². The van der Waals surface area contributed by atoms with Gasteiger partial charge in [0.1, 0.15) is 0 Å². The molecule has 1 fully saturated rings. The van der Waals surface area contributed by atoms with Gasteiger partial charge in [-0.15, -0.1) is 0 Å². The van der Waals surface area contributed by atoms with Crippen LogP contribution in [0.5, 0.6) is 0 Å². The molecule has 3 nitrogen and oxygen atoms in total. The zero-order chi connectivity index (χ0) is 13.4. The number of rotatable bonds is 1.